The standard InChI is InChI=1S/C14H17ClN2O/c15-13-3-1-2-12(5-13)14(18)17-8-10-4-11(9-17)7-16-6-10/h1-3,5,10-11,16H,4,6-9H2/t10-,11+. The molecule has 0 saturated carbocycles. The van der Waals surface area contributed by atoms with Crippen LogP contribution in [0.15, 0.2) is 24.3 Å². The van der Waals surface area contributed by atoms with E-state index in [-0.39, 0.29) is 5.91 Å². The Kier molecular flexibility index (Phi) is 3.27. The van der Waals surface area contributed by atoms with E-state index in [2.05, 4.69) is 5.32 Å². The fourth-order valence-electron chi connectivity index (χ4n) is 3.08. The number of carbonyl (C=O) groups is 1. The number of carbonyl (C=O) groups excluding carboxylic acids is 1. The molecule has 2 aliphatic rings. The molecular formula is C14H17ClN2O. The summed E-state index contributed by atoms with van der Waals surface area (Å²) in [6.45, 7) is 3.81. The van der Waals surface area contributed by atoms with Crippen LogP contribution >= 0.6 is 11.6 Å². The summed E-state index contributed by atoms with van der Waals surface area (Å²) in [6.07, 6.45) is 1.26. The van der Waals surface area contributed by atoms with Gasteiger partial charge in [0.2, 0.25) is 0 Å². The zero-order valence-electron chi connectivity index (χ0n) is 10.2. The number of halogens is 1. The molecule has 2 bridgehead atoms. The van der Waals surface area contributed by atoms with Crippen LogP contribution in [0.2, 0.25) is 5.02 Å². The molecule has 2 atom stereocenters. The lowest BCUT2D eigenvalue weighted by atomic mass is 9.85. The highest BCUT2D eigenvalue weighted by Crippen LogP contribution is 2.26. The zero-order chi connectivity index (χ0) is 12.5. The number of nitrogens with zero attached hydrogens (tertiary/aromatic N) is 1. The number of hydrogen-bond donors (Lipinski definition) is 1. The lowest BCUT2D eigenvalue weighted by Crippen LogP contribution is -2.52. The van der Waals surface area contributed by atoms with E-state index in [0.717, 1.165) is 26.2 Å². The molecule has 2 aliphatic heterocycles. The Morgan fingerprint density at radius 1 is 1.28 bits per heavy atom. The number of fused-ring (bicyclic) bond motifs is 2. The van der Waals surface area contributed by atoms with Gasteiger partial charge in [-0.3, -0.25) is 4.79 Å². The van der Waals surface area contributed by atoms with Crippen molar-refractivity contribution < 1.29 is 4.79 Å². The molecule has 2 fully saturated rings. The smallest absolute Gasteiger partial charge is 0.253 e. The van der Waals surface area contributed by atoms with Crippen LogP contribution in [0.25, 0.3) is 0 Å². The highest BCUT2D eigenvalue weighted by Gasteiger charge is 2.32. The van der Waals surface area contributed by atoms with E-state index in [1.807, 2.05) is 17.0 Å². The van der Waals surface area contributed by atoms with Crippen molar-refractivity contribution in [3.05, 3.63) is 34.9 Å². The topological polar surface area (TPSA) is 32.3 Å². The second-order valence-corrected chi connectivity index (χ2v) is 5.78. The molecule has 0 spiro atoms. The summed E-state index contributed by atoms with van der Waals surface area (Å²) in [5, 5.41) is 4.06. The summed E-state index contributed by atoms with van der Waals surface area (Å²) < 4.78 is 0. The van der Waals surface area contributed by atoms with E-state index in [1.165, 1.54) is 6.42 Å². The van der Waals surface area contributed by atoms with Gasteiger partial charge in [0.25, 0.3) is 5.91 Å². The van der Waals surface area contributed by atoms with Gasteiger partial charge in [-0.2, -0.15) is 0 Å². The zero-order valence-corrected chi connectivity index (χ0v) is 11.0. The maximum atomic E-state index is 12.4. The minimum atomic E-state index is 0.120. The van der Waals surface area contributed by atoms with Gasteiger partial charge < -0.3 is 10.2 Å². The van der Waals surface area contributed by atoms with E-state index in [9.17, 15) is 4.79 Å². The van der Waals surface area contributed by atoms with Gasteiger partial charge in [0, 0.05) is 23.7 Å². The second-order valence-electron chi connectivity index (χ2n) is 5.35. The van der Waals surface area contributed by atoms with Gasteiger partial charge in [-0.05, 0) is 49.5 Å². The molecule has 1 N–H and O–H groups in total. The fraction of sp³-hybridized carbons (Fsp3) is 0.500. The molecule has 18 heavy (non-hydrogen) atoms. The van der Waals surface area contributed by atoms with Crippen molar-refractivity contribution in [3.8, 4) is 0 Å². The number of piperidine rings is 2. The summed E-state index contributed by atoms with van der Waals surface area (Å²) >= 11 is 5.94. The average Bonchev–Trinajstić information content (AvgIpc) is 2.37. The van der Waals surface area contributed by atoms with Gasteiger partial charge in [0.15, 0.2) is 0 Å². The molecule has 3 nitrogen and oxygen atoms in total. The first kappa shape index (κ1) is 12.0. The van der Waals surface area contributed by atoms with Crippen molar-refractivity contribution in [1.29, 1.82) is 0 Å². The Morgan fingerprint density at radius 3 is 2.67 bits per heavy atom. The van der Waals surface area contributed by atoms with Crippen LogP contribution in [-0.4, -0.2) is 37.0 Å². The maximum Gasteiger partial charge on any atom is 0.253 e. The van der Waals surface area contributed by atoms with Crippen molar-refractivity contribution in [2.75, 3.05) is 26.2 Å². The van der Waals surface area contributed by atoms with Crippen molar-refractivity contribution in [2.24, 2.45) is 11.8 Å². The highest BCUT2D eigenvalue weighted by molar-refractivity contribution is 6.30. The van der Waals surface area contributed by atoms with Crippen LogP contribution in [0.1, 0.15) is 16.8 Å². The first-order valence-electron chi connectivity index (χ1n) is 6.48. The van der Waals surface area contributed by atoms with Crippen LogP contribution in [0.4, 0.5) is 0 Å². The Morgan fingerprint density at radius 2 is 2.00 bits per heavy atom. The Hall–Kier alpha value is -1.06. The number of benzene rings is 1. The molecular weight excluding hydrogens is 248 g/mol. The minimum absolute atomic E-state index is 0.120. The van der Waals surface area contributed by atoms with Gasteiger partial charge in [-0.1, -0.05) is 17.7 Å². The Labute approximate surface area is 112 Å². The molecule has 1 amide bonds. The number of likely N-dealkylation sites (tertiary alicyclic amines) is 1. The molecule has 0 aromatic heterocycles. The molecule has 3 rings (SSSR count). The normalized spacial score (nSPS) is 27.1. The summed E-state index contributed by atoms with van der Waals surface area (Å²) in [6, 6.07) is 7.23. The Balaban J connectivity index is 1.76. The van der Waals surface area contributed by atoms with Crippen molar-refractivity contribution in [3.63, 3.8) is 0 Å². The Bertz CT molecular complexity index is 451. The molecule has 96 valence electrons. The van der Waals surface area contributed by atoms with Crippen LogP contribution in [-0.2, 0) is 0 Å². The number of hydrogen-bond acceptors (Lipinski definition) is 2. The van der Waals surface area contributed by atoms with Crippen LogP contribution in [0.3, 0.4) is 0 Å². The third-order valence-electron chi connectivity index (χ3n) is 3.85. The largest absolute Gasteiger partial charge is 0.338 e. The third-order valence-corrected chi connectivity index (χ3v) is 4.08. The van der Waals surface area contributed by atoms with Crippen molar-refractivity contribution >= 4 is 17.5 Å². The second kappa shape index (κ2) is 4.90. The molecule has 0 radical (unpaired) electrons. The predicted octanol–water partition coefficient (Wildman–Crippen LogP) is 2.02. The molecule has 2 heterocycles. The van der Waals surface area contributed by atoms with Crippen LogP contribution in [0, 0.1) is 11.8 Å². The third kappa shape index (κ3) is 2.38. The van der Waals surface area contributed by atoms with Gasteiger partial charge in [0.1, 0.15) is 0 Å². The molecule has 0 aliphatic carbocycles. The van der Waals surface area contributed by atoms with Gasteiger partial charge in [0.05, 0.1) is 0 Å². The van der Waals surface area contributed by atoms with Crippen molar-refractivity contribution in [2.45, 2.75) is 6.42 Å². The van der Waals surface area contributed by atoms with Gasteiger partial charge >= 0.3 is 0 Å². The van der Waals surface area contributed by atoms with Crippen LogP contribution < -0.4 is 5.32 Å². The number of rotatable bonds is 1. The van der Waals surface area contributed by atoms with Gasteiger partial charge in [-0.25, -0.2) is 0 Å². The van der Waals surface area contributed by atoms with Crippen molar-refractivity contribution in [1.82, 2.24) is 10.2 Å². The lowest BCUT2D eigenvalue weighted by Gasteiger charge is -2.41. The van der Waals surface area contributed by atoms with E-state index < -0.39 is 0 Å². The summed E-state index contributed by atoms with van der Waals surface area (Å²) in [5.74, 6) is 1.34. The summed E-state index contributed by atoms with van der Waals surface area (Å²) in [4.78, 5) is 14.4. The summed E-state index contributed by atoms with van der Waals surface area (Å²) in [7, 11) is 0. The maximum absolute atomic E-state index is 12.4. The molecule has 1 aromatic carbocycles. The van der Waals surface area contributed by atoms with E-state index >= 15 is 0 Å². The lowest BCUT2D eigenvalue weighted by molar-refractivity contribution is 0.0538. The van der Waals surface area contributed by atoms with E-state index in [1.54, 1.807) is 12.1 Å². The van der Waals surface area contributed by atoms with E-state index in [0.29, 0.717) is 22.4 Å². The molecule has 2 saturated heterocycles. The fourth-order valence-corrected chi connectivity index (χ4v) is 3.27. The van der Waals surface area contributed by atoms with E-state index in [4.69, 9.17) is 11.6 Å². The first-order chi connectivity index (χ1) is 8.72. The average molecular weight is 265 g/mol. The highest BCUT2D eigenvalue weighted by atomic mass is 35.5. The summed E-state index contributed by atoms with van der Waals surface area (Å²) in [5.41, 5.74) is 0.704. The SMILES string of the molecule is O=C(c1cccc(Cl)c1)N1C[C@@H]2CNC[C@@H](C2)C1. The molecule has 1 aromatic rings. The predicted molar refractivity (Wildman–Crippen MR) is 71.8 cm³/mol. The molecule has 4 heteroatoms. The van der Waals surface area contributed by atoms with Gasteiger partial charge in [-0.15, -0.1) is 0 Å². The quantitative estimate of drug-likeness (QED) is 0.842. The minimum Gasteiger partial charge on any atom is -0.338 e. The number of nitrogens with one attached hydrogen (secondary N) is 1. The monoisotopic (exact) mass is 264 g/mol. The van der Waals surface area contributed by atoms with Crippen LogP contribution in [0.5, 0.6) is 0 Å². The number of amides is 1. The first-order valence-corrected chi connectivity index (χ1v) is 6.86. The molecule has 0 unspecified atom stereocenters.